The molecule has 1 spiro atoms. The van der Waals surface area contributed by atoms with Crippen LogP contribution in [0.15, 0.2) is 18.2 Å². The van der Waals surface area contributed by atoms with Gasteiger partial charge in [-0.05, 0) is 38.2 Å². The lowest BCUT2D eigenvalue weighted by Gasteiger charge is -2.41. The number of nitrogens with two attached hydrogens (primary N) is 1. The number of fused-ring (bicyclic) bond motifs is 1. The summed E-state index contributed by atoms with van der Waals surface area (Å²) in [6.07, 6.45) is 4.68. The van der Waals surface area contributed by atoms with E-state index in [-0.39, 0.29) is 11.6 Å². The van der Waals surface area contributed by atoms with Gasteiger partial charge in [0, 0.05) is 18.0 Å². The monoisotopic (exact) mass is 231 g/mol. The lowest BCUT2D eigenvalue weighted by Crippen LogP contribution is -2.44. The standard InChI is InChI=1S/C15H21NO/c1-10-5-6-14-12(8-10)13(16)9-15(17-14)7-3-4-11(15)2/h5-6,8,11,13H,3-4,7,9,16H2,1-2H3/t11?,13-,15?/m0/s1. The van der Waals surface area contributed by atoms with Crippen molar-refractivity contribution in [3.8, 4) is 5.75 Å². The first-order valence-electron chi connectivity index (χ1n) is 6.66. The summed E-state index contributed by atoms with van der Waals surface area (Å²) in [5, 5.41) is 0. The van der Waals surface area contributed by atoms with Crippen molar-refractivity contribution in [3.63, 3.8) is 0 Å². The summed E-state index contributed by atoms with van der Waals surface area (Å²) in [4.78, 5) is 0. The zero-order valence-electron chi connectivity index (χ0n) is 10.7. The van der Waals surface area contributed by atoms with Gasteiger partial charge >= 0.3 is 0 Å². The van der Waals surface area contributed by atoms with Crippen LogP contribution in [0.4, 0.5) is 0 Å². The number of hydrogen-bond acceptors (Lipinski definition) is 2. The highest BCUT2D eigenvalue weighted by molar-refractivity contribution is 5.41. The Morgan fingerprint density at radius 3 is 2.94 bits per heavy atom. The largest absolute Gasteiger partial charge is 0.487 e. The summed E-state index contributed by atoms with van der Waals surface area (Å²) in [6.45, 7) is 4.41. The zero-order chi connectivity index (χ0) is 12.0. The van der Waals surface area contributed by atoms with Crippen molar-refractivity contribution in [3.05, 3.63) is 29.3 Å². The SMILES string of the molecule is Cc1ccc2c(c1)[C@@H](N)CC1(CCCC1C)O2. The lowest BCUT2D eigenvalue weighted by molar-refractivity contribution is 0.00665. The van der Waals surface area contributed by atoms with Crippen molar-refractivity contribution in [2.45, 2.75) is 51.2 Å². The molecule has 3 rings (SSSR count). The first-order valence-corrected chi connectivity index (χ1v) is 6.66. The minimum Gasteiger partial charge on any atom is -0.487 e. The third-order valence-electron chi connectivity index (χ3n) is 4.58. The normalized spacial score (nSPS) is 35.7. The van der Waals surface area contributed by atoms with Crippen molar-refractivity contribution in [1.29, 1.82) is 0 Å². The molecule has 92 valence electrons. The smallest absolute Gasteiger partial charge is 0.124 e. The van der Waals surface area contributed by atoms with Gasteiger partial charge in [0.05, 0.1) is 0 Å². The third kappa shape index (κ3) is 1.66. The zero-order valence-corrected chi connectivity index (χ0v) is 10.7. The van der Waals surface area contributed by atoms with Gasteiger partial charge < -0.3 is 10.5 Å². The van der Waals surface area contributed by atoms with E-state index in [0.717, 1.165) is 18.6 Å². The Labute approximate surface area is 103 Å². The van der Waals surface area contributed by atoms with E-state index in [4.69, 9.17) is 10.5 Å². The highest BCUT2D eigenvalue weighted by Crippen LogP contribution is 2.49. The highest BCUT2D eigenvalue weighted by Gasteiger charge is 2.46. The van der Waals surface area contributed by atoms with Crippen molar-refractivity contribution >= 4 is 0 Å². The van der Waals surface area contributed by atoms with Crippen molar-refractivity contribution in [1.82, 2.24) is 0 Å². The van der Waals surface area contributed by atoms with Crippen LogP contribution < -0.4 is 10.5 Å². The van der Waals surface area contributed by atoms with Crippen LogP contribution in [0.2, 0.25) is 0 Å². The van der Waals surface area contributed by atoms with Gasteiger partial charge in [-0.2, -0.15) is 0 Å². The van der Waals surface area contributed by atoms with E-state index < -0.39 is 0 Å². The lowest BCUT2D eigenvalue weighted by atomic mass is 9.81. The number of aryl methyl sites for hydroxylation is 1. The van der Waals surface area contributed by atoms with Gasteiger partial charge in [0.15, 0.2) is 0 Å². The second-order valence-electron chi connectivity index (χ2n) is 5.81. The third-order valence-corrected chi connectivity index (χ3v) is 4.58. The summed E-state index contributed by atoms with van der Waals surface area (Å²) in [5.74, 6) is 1.64. The molecule has 2 unspecified atom stereocenters. The Bertz CT molecular complexity index is 443. The van der Waals surface area contributed by atoms with Crippen LogP contribution in [0.5, 0.6) is 5.75 Å². The second kappa shape index (κ2) is 3.74. The maximum atomic E-state index is 6.35. The van der Waals surface area contributed by atoms with Gasteiger partial charge in [-0.1, -0.05) is 24.6 Å². The minimum absolute atomic E-state index is 0.0156. The van der Waals surface area contributed by atoms with Crippen molar-refractivity contribution < 1.29 is 4.74 Å². The molecule has 2 nitrogen and oxygen atoms in total. The van der Waals surface area contributed by atoms with Crippen molar-refractivity contribution in [2.75, 3.05) is 0 Å². The van der Waals surface area contributed by atoms with E-state index in [1.807, 2.05) is 0 Å². The molecule has 1 aliphatic carbocycles. The average molecular weight is 231 g/mol. The Morgan fingerprint density at radius 2 is 2.24 bits per heavy atom. The molecule has 1 heterocycles. The minimum atomic E-state index is 0.0156. The molecule has 0 saturated heterocycles. The molecule has 2 aliphatic rings. The predicted octanol–water partition coefficient (Wildman–Crippen LogP) is 3.34. The van der Waals surface area contributed by atoms with Gasteiger partial charge in [0.25, 0.3) is 0 Å². The van der Waals surface area contributed by atoms with E-state index in [0.29, 0.717) is 5.92 Å². The summed E-state index contributed by atoms with van der Waals surface area (Å²) in [5.41, 5.74) is 8.82. The topological polar surface area (TPSA) is 35.2 Å². The summed E-state index contributed by atoms with van der Waals surface area (Å²) < 4.78 is 6.34. The molecule has 0 radical (unpaired) electrons. The van der Waals surface area contributed by atoms with E-state index in [1.54, 1.807) is 0 Å². The molecule has 1 fully saturated rings. The summed E-state index contributed by atoms with van der Waals surface area (Å²) in [6, 6.07) is 6.52. The fourth-order valence-electron chi connectivity index (χ4n) is 3.47. The molecular formula is C15H21NO. The first kappa shape index (κ1) is 11.1. The predicted molar refractivity (Wildman–Crippen MR) is 69.1 cm³/mol. The summed E-state index contributed by atoms with van der Waals surface area (Å²) >= 11 is 0. The number of rotatable bonds is 0. The van der Waals surface area contributed by atoms with Crippen LogP contribution in [0.25, 0.3) is 0 Å². The molecule has 1 saturated carbocycles. The van der Waals surface area contributed by atoms with Gasteiger partial charge in [0.1, 0.15) is 11.4 Å². The van der Waals surface area contributed by atoms with Crippen LogP contribution in [0.3, 0.4) is 0 Å². The molecule has 1 aromatic rings. The van der Waals surface area contributed by atoms with Gasteiger partial charge in [0.2, 0.25) is 0 Å². The van der Waals surface area contributed by atoms with E-state index in [1.165, 1.54) is 24.0 Å². The fraction of sp³-hybridized carbons (Fsp3) is 0.600. The summed E-state index contributed by atoms with van der Waals surface area (Å²) in [7, 11) is 0. The Kier molecular flexibility index (Phi) is 2.44. The molecule has 2 heteroatoms. The Balaban J connectivity index is 2.01. The molecule has 0 amide bonds. The van der Waals surface area contributed by atoms with Crippen LogP contribution in [-0.4, -0.2) is 5.60 Å². The Hall–Kier alpha value is -1.02. The van der Waals surface area contributed by atoms with Gasteiger partial charge in [-0.15, -0.1) is 0 Å². The highest BCUT2D eigenvalue weighted by atomic mass is 16.5. The maximum Gasteiger partial charge on any atom is 0.124 e. The van der Waals surface area contributed by atoms with Gasteiger partial charge in [-0.3, -0.25) is 0 Å². The second-order valence-corrected chi connectivity index (χ2v) is 5.81. The molecule has 3 atom stereocenters. The quantitative estimate of drug-likeness (QED) is 0.743. The number of hydrogen-bond donors (Lipinski definition) is 1. The number of ether oxygens (including phenoxy) is 1. The van der Waals surface area contributed by atoms with Crippen LogP contribution in [0.1, 0.15) is 49.8 Å². The molecule has 17 heavy (non-hydrogen) atoms. The van der Waals surface area contributed by atoms with Gasteiger partial charge in [-0.25, -0.2) is 0 Å². The molecular weight excluding hydrogens is 210 g/mol. The molecule has 0 aromatic heterocycles. The fourth-order valence-corrected chi connectivity index (χ4v) is 3.47. The van der Waals surface area contributed by atoms with E-state index in [9.17, 15) is 0 Å². The number of benzene rings is 1. The Morgan fingerprint density at radius 1 is 1.41 bits per heavy atom. The maximum absolute atomic E-state index is 6.35. The molecule has 1 aromatic carbocycles. The molecule has 0 bridgehead atoms. The van der Waals surface area contributed by atoms with Crippen molar-refractivity contribution in [2.24, 2.45) is 11.7 Å². The van der Waals surface area contributed by atoms with E-state index >= 15 is 0 Å². The molecule has 2 N–H and O–H groups in total. The first-order chi connectivity index (χ1) is 8.11. The average Bonchev–Trinajstić information content (AvgIpc) is 2.62. The van der Waals surface area contributed by atoms with Crippen LogP contribution in [-0.2, 0) is 0 Å². The molecule has 1 aliphatic heterocycles. The van der Waals surface area contributed by atoms with Crippen LogP contribution >= 0.6 is 0 Å². The van der Waals surface area contributed by atoms with Crippen LogP contribution in [0, 0.1) is 12.8 Å². The van der Waals surface area contributed by atoms with E-state index in [2.05, 4.69) is 32.0 Å².